The third-order valence-electron chi connectivity index (χ3n) is 4.14. The number of hydrogen-bond donors (Lipinski definition) is 1. The first-order valence-corrected chi connectivity index (χ1v) is 10.2. The van der Waals surface area contributed by atoms with E-state index < -0.39 is 17.7 Å². The minimum atomic E-state index is -1.38. The van der Waals surface area contributed by atoms with E-state index in [1.807, 2.05) is 13.8 Å². The van der Waals surface area contributed by atoms with Crippen LogP contribution in [0.5, 0.6) is 23.0 Å². The van der Waals surface area contributed by atoms with Crippen molar-refractivity contribution in [2.75, 3.05) is 32.8 Å². The lowest BCUT2D eigenvalue weighted by atomic mass is 10.2. The molecule has 2 aromatic carbocycles. The molecule has 9 nitrogen and oxygen atoms in total. The van der Waals surface area contributed by atoms with Crippen LogP contribution in [0, 0.1) is 0 Å². The molecular weight excluding hydrogens is 438 g/mol. The van der Waals surface area contributed by atoms with E-state index in [1.54, 1.807) is 18.2 Å². The van der Waals surface area contributed by atoms with Crippen LogP contribution >= 0.6 is 11.6 Å². The smallest absolute Gasteiger partial charge is 0.258 e. The average Bonchev–Trinajstić information content (AvgIpc) is 2.75. The Morgan fingerprint density at radius 3 is 2.06 bits per heavy atom. The molecular formula is C22H26ClN3O6. The van der Waals surface area contributed by atoms with Crippen molar-refractivity contribution in [3.8, 4) is 23.0 Å². The number of Topliss-reactive ketones (excluding diaryl/α,β-unsaturated/α-hetero) is 1. The molecule has 2 rings (SSSR count). The predicted octanol–water partition coefficient (Wildman–Crippen LogP) is 4.83. The van der Waals surface area contributed by atoms with Gasteiger partial charge in [0.2, 0.25) is 6.04 Å². The number of ketones is 1. The number of azo groups is 1. The molecule has 0 bridgehead atoms. The summed E-state index contributed by atoms with van der Waals surface area (Å²) in [4.78, 5) is 24.9. The number of nitrogens with zero attached hydrogens (tertiary/aromatic N) is 2. The molecule has 1 atom stereocenters. The first kappa shape index (κ1) is 24.9. The first-order valence-electron chi connectivity index (χ1n) is 9.87. The van der Waals surface area contributed by atoms with Crippen LogP contribution in [0.3, 0.4) is 0 Å². The van der Waals surface area contributed by atoms with Crippen molar-refractivity contribution >= 4 is 34.7 Å². The number of halogens is 1. The fourth-order valence-corrected chi connectivity index (χ4v) is 2.95. The van der Waals surface area contributed by atoms with E-state index in [0.29, 0.717) is 46.9 Å². The van der Waals surface area contributed by atoms with Gasteiger partial charge in [-0.25, -0.2) is 0 Å². The van der Waals surface area contributed by atoms with Crippen molar-refractivity contribution in [3.63, 3.8) is 0 Å². The molecule has 32 heavy (non-hydrogen) atoms. The van der Waals surface area contributed by atoms with Crippen LogP contribution in [0.2, 0.25) is 5.02 Å². The summed E-state index contributed by atoms with van der Waals surface area (Å²) >= 11 is 6.09. The zero-order valence-electron chi connectivity index (χ0n) is 18.6. The number of anilines is 1. The van der Waals surface area contributed by atoms with Gasteiger partial charge in [0.25, 0.3) is 5.91 Å². The highest BCUT2D eigenvalue weighted by Gasteiger charge is 2.25. The fraction of sp³-hybridized carbons (Fsp3) is 0.364. The summed E-state index contributed by atoms with van der Waals surface area (Å²) in [6.07, 6.45) is 0. The van der Waals surface area contributed by atoms with E-state index in [4.69, 9.17) is 30.5 Å². The van der Waals surface area contributed by atoms with Gasteiger partial charge in [0, 0.05) is 30.3 Å². The van der Waals surface area contributed by atoms with Gasteiger partial charge in [-0.15, -0.1) is 0 Å². The lowest BCUT2D eigenvalue weighted by Gasteiger charge is -2.14. The second-order valence-corrected chi connectivity index (χ2v) is 6.84. The first-order chi connectivity index (χ1) is 15.3. The molecule has 172 valence electrons. The third kappa shape index (κ3) is 6.58. The lowest BCUT2D eigenvalue weighted by molar-refractivity contribution is -0.126. The monoisotopic (exact) mass is 463 g/mol. The second kappa shape index (κ2) is 11.9. The van der Waals surface area contributed by atoms with Gasteiger partial charge in [-0.1, -0.05) is 11.6 Å². The van der Waals surface area contributed by atoms with Crippen LogP contribution in [-0.2, 0) is 9.59 Å². The van der Waals surface area contributed by atoms with Crippen LogP contribution in [0.4, 0.5) is 11.4 Å². The zero-order valence-corrected chi connectivity index (χ0v) is 19.4. The van der Waals surface area contributed by atoms with Crippen molar-refractivity contribution in [1.82, 2.24) is 0 Å². The van der Waals surface area contributed by atoms with Gasteiger partial charge < -0.3 is 24.3 Å². The van der Waals surface area contributed by atoms with E-state index in [1.165, 1.54) is 33.3 Å². The van der Waals surface area contributed by atoms with Gasteiger partial charge >= 0.3 is 0 Å². The molecule has 0 aromatic heterocycles. The average molecular weight is 464 g/mol. The van der Waals surface area contributed by atoms with E-state index >= 15 is 0 Å². The van der Waals surface area contributed by atoms with Crippen LogP contribution in [-0.4, -0.2) is 45.2 Å². The highest BCUT2D eigenvalue weighted by Crippen LogP contribution is 2.36. The molecule has 0 aliphatic heterocycles. The number of methoxy groups -OCH3 is 2. The summed E-state index contributed by atoms with van der Waals surface area (Å²) in [6, 6.07) is 6.60. The van der Waals surface area contributed by atoms with Crippen molar-refractivity contribution in [1.29, 1.82) is 0 Å². The minimum absolute atomic E-state index is 0.275. The Kier molecular flexibility index (Phi) is 9.27. The zero-order chi connectivity index (χ0) is 23.7. The van der Waals surface area contributed by atoms with E-state index in [2.05, 4.69) is 15.5 Å². The van der Waals surface area contributed by atoms with Crippen molar-refractivity contribution < 1.29 is 28.5 Å². The summed E-state index contributed by atoms with van der Waals surface area (Å²) in [6.45, 7) is 5.87. The summed E-state index contributed by atoms with van der Waals surface area (Å²) in [5.74, 6) is 0.532. The molecule has 0 heterocycles. The normalized spacial score (nSPS) is 11.7. The molecule has 0 aliphatic carbocycles. The van der Waals surface area contributed by atoms with Gasteiger partial charge in [0.05, 0.1) is 43.8 Å². The molecule has 0 radical (unpaired) electrons. The summed E-state index contributed by atoms with van der Waals surface area (Å²) < 4.78 is 21.4. The highest BCUT2D eigenvalue weighted by atomic mass is 35.5. The lowest BCUT2D eigenvalue weighted by Crippen LogP contribution is -2.32. The quantitative estimate of drug-likeness (QED) is 0.377. The maximum absolute atomic E-state index is 12.8. The standard InChI is InChI=1S/C22H26ClN3O6/c1-6-31-15-8-14(9-16(10-15)32-7-2)25-26-21(13(3)27)22(28)24-18-12-19(29-4)17(23)11-20(18)30-5/h8-12,21H,6-7H2,1-5H3,(H,24,28). The molecule has 0 aliphatic rings. The van der Waals surface area contributed by atoms with Gasteiger partial charge in [0.15, 0.2) is 5.78 Å². The number of carbonyl (C=O) groups is 2. The summed E-state index contributed by atoms with van der Waals surface area (Å²) in [7, 11) is 2.87. The number of hydrogen-bond acceptors (Lipinski definition) is 8. The Hall–Kier alpha value is -3.33. The number of amides is 1. The van der Waals surface area contributed by atoms with Crippen LogP contribution in [0.25, 0.3) is 0 Å². The van der Waals surface area contributed by atoms with Crippen LogP contribution < -0.4 is 24.3 Å². The summed E-state index contributed by atoms with van der Waals surface area (Å²) in [5, 5.41) is 11.0. The number of carbonyl (C=O) groups excluding carboxylic acids is 2. The highest BCUT2D eigenvalue weighted by molar-refractivity contribution is 6.32. The summed E-state index contributed by atoms with van der Waals surface area (Å²) in [5.41, 5.74) is 0.654. The van der Waals surface area contributed by atoms with Crippen LogP contribution in [0.1, 0.15) is 20.8 Å². The fourth-order valence-electron chi connectivity index (χ4n) is 2.72. The number of rotatable bonds is 11. The van der Waals surface area contributed by atoms with E-state index in [9.17, 15) is 9.59 Å². The van der Waals surface area contributed by atoms with Crippen molar-refractivity contribution in [2.24, 2.45) is 10.2 Å². The Labute approximate surface area is 191 Å². The molecule has 0 spiro atoms. The molecule has 0 saturated carbocycles. The number of benzene rings is 2. The van der Waals surface area contributed by atoms with Gasteiger partial charge in [-0.3, -0.25) is 9.59 Å². The Morgan fingerprint density at radius 1 is 0.969 bits per heavy atom. The second-order valence-electron chi connectivity index (χ2n) is 6.43. The molecule has 0 saturated heterocycles. The predicted molar refractivity (Wildman–Crippen MR) is 121 cm³/mol. The Balaban J connectivity index is 2.30. The minimum Gasteiger partial charge on any atom is -0.495 e. The molecule has 0 fully saturated rings. The molecule has 2 aromatic rings. The topological polar surface area (TPSA) is 108 Å². The van der Waals surface area contributed by atoms with E-state index in [0.717, 1.165) is 0 Å². The van der Waals surface area contributed by atoms with Gasteiger partial charge in [-0.05, 0) is 20.8 Å². The van der Waals surface area contributed by atoms with Gasteiger partial charge in [-0.2, -0.15) is 10.2 Å². The largest absolute Gasteiger partial charge is 0.495 e. The molecule has 10 heteroatoms. The maximum atomic E-state index is 12.8. The maximum Gasteiger partial charge on any atom is 0.258 e. The van der Waals surface area contributed by atoms with Crippen LogP contribution in [0.15, 0.2) is 40.6 Å². The van der Waals surface area contributed by atoms with Gasteiger partial charge in [0.1, 0.15) is 23.0 Å². The Morgan fingerprint density at radius 2 is 1.56 bits per heavy atom. The number of ether oxygens (including phenoxy) is 4. The van der Waals surface area contributed by atoms with Crippen molar-refractivity contribution in [2.45, 2.75) is 26.8 Å². The molecule has 1 unspecified atom stereocenters. The molecule has 1 amide bonds. The number of nitrogens with one attached hydrogen (secondary N) is 1. The van der Waals surface area contributed by atoms with Crippen molar-refractivity contribution in [3.05, 3.63) is 35.4 Å². The molecule has 1 N–H and O–H groups in total. The third-order valence-corrected chi connectivity index (χ3v) is 4.44. The Bertz CT molecular complexity index is 972. The SMILES string of the molecule is CCOc1cc(N=NC(C(C)=O)C(=O)Nc2cc(OC)c(Cl)cc2OC)cc(OCC)c1. The van der Waals surface area contributed by atoms with E-state index in [-0.39, 0.29) is 5.69 Å².